The van der Waals surface area contributed by atoms with E-state index in [1.807, 2.05) is 18.2 Å². The summed E-state index contributed by atoms with van der Waals surface area (Å²) in [5.74, 6) is 1.02. The van der Waals surface area contributed by atoms with Gasteiger partial charge >= 0.3 is 0 Å². The van der Waals surface area contributed by atoms with Gasteiger partial charge in [0.05, 0.1) is 12.8 Å². The predicted octanol–water partition coefficient (Wildman–Crippen LogP) is 5.56. The molecule has 29 heavy (non-hydrogen) atoms. The van der Waals surface area contributed by atoms with E-state index in [0.717, 1.165) is 31.1 Å². The summed E-state index contributed by atoms with van der Waals surface area (Å²) in [5, 5.41) is 0.759. The fraction of sp³-hybridized carbons (Fsp3) is 0.292. The Bertz CT molecular complexity index is 902. The van der Waals surface area contributed by atoms with Crippen molar-refractivity contribution >= 4 is 11.6 Å². The van der Waals surface area contributed by atoms with Crippen LogP contribution in [0.2, 0.25) is 5.02 Å². The number of halogens is 2. The van der Waals surface area contributed by atoms with Gasteiger partial charge in [-0.25, -0.2) is 9.37 Å². The van der Waals surface area contributed by atoms with Crippen LogP contribution in [0.5, 0.6) is 5.88 Å². The molecule has 2 atom stereocenters. The summed E-state index contributed by atoms with van der Waals surface area (Å²) >= 11 is 6.09. The van der Waals surface area contributed by atoms with E-state index >= 15 is 0 Å². The van der Waals surface area contributed by atoms with Crippen LogP contribution in [0.4, 0.5) is 4.39 Å². The summed E-state index contributed by atoms with van der Waals surface area (Å²) in [6.07, 6.45) is 2.10. The Hall–Kier alpha value is -2.43. The normalized spacial score (nSPS) is 19.4. The van der Waals surface area contributed by atoms with Gasteiger partial charge in [-0.3, -0.25) is 4.90 Å². The number of likely N-dealkylation sites (tertiary alicyclic amines) is 1. The largest absolute Gasteiger partial charge is 0.478 e. The molecule has 1 fully saturated rings. The Labute approximate surface area is 176 Å². The van der Waals surface area contributed by atoms with Crippen LogP contribution in [0.25, 0.3) is 0 Å². The monoisotopic (exact) mass is 410 g/mol. The summed E-state index contributed by atoms with van der Waals surface area (Å²) in [6.45, 7) is 3.53. The summed E-state index contributed by atoms with van der Waals surface area (Å²) in [4.78, 5) is 6.49. The van der Waals surface area contributed by atoms with Crippen LogP contribution in [0.3, 0.4) is 0 Å². The van der Waals surface area contributed by atoms with Gasteiger partial charge in [-0.2, -0.15) is 0 Å². The van der Waals surface area contributed by atoms with Crippen LogP contribution in [-0.2, 0) is 6.54 Å². The molecule has 1 aliphatic rings. The van der Waals surface area contributed by atoms with E-state index in [1.165, 1.54) is 23.4 Å². The zero-order valence-electron chi connectivity index (χ0n) is 16.2. The van der Waals surface area contributed by atoms with Crippen molar-refractivity contribution in [2.24, 2.45) is 5.92 Å². The molecule has 1 saturated heterocycles. The highest BCUT2D eigenvalue weighted by molar-refractivity contribution is 6.30. The smallest absolute Gasteiger partial charge is 0.213 e. The lowest BCUT2D eigenvalue weighted by Gasteiger charge is -2.19. The number of hydrogen-bond acceptors (Lipinski definition) is 3. The van der Waals surface area contributed by atoms with Crippen LogP contribution in [0.1, 0.15) is 23.5 Å². The summed E-state index contributed by atoms with van der Waals surface area (Å²) in [6, 6.07) is 21.7. The van der Waals surface area contributed by atoms with Crippen LogP contribution >= 0.6 is 11.6 Å². The topological polar surface area (TPSA) is 25.4 Å². The SMILES string of the molecule is Fc1ccc(OCCC2CN(Cc3ccccc3)C[C@@H]2c2ccc(Cl)cc2)nc1. The van der Waals surface area contributed by atoms with E-state index in [0.29, 0.717) is 24.3 Å². The second-order valence-corrected chi connectivity index (χ2v) is 7.99. The van der Waals surface area contributed by atoms with Gasteiger partial charge < -0.3 is 4.74 Å². The molecule has 2 heterocycles. The Morgan fingerprint density at radius 2 is 1.79 bits per heavy atom. The van der Waals surface area contributed by atoms with Crippen molar-refractivity contribution in [2.75, 3.05) is 19.7 Å². The van der Waals surface area contributed by atoms with Gasteiger partial charge in [-0.1, -0.05) is 54.1 Å². The average molecular weight is 411 g/mol. The lowest BCUT2D eigenvalue weighted by atomic mass is 9.87. The molecule has 3 aromatic rings. The molecular weight excluding hydrogens is 387 g/mol. The van der Waals surface area contributed by atoms with Gasteiger partial charge in [0, 0.05) is 36.6 Å². The van der Waals surface area contributed by atoms with Crippen molar-refractivity contribution in [3.8, 4) is 5.88 Å². The minimum atomic E-state index is -0.354. The molecule has 3 nitrogen and oxygen atoms in total. The van der Waals surface area contributed by atoms with Gasteiger partial charge in [-0.05, 0) is 41.7 Å². The van der Waals surface area contributed by atoms with E-state index in [2.05, 4.69) is 46.3 Å². The molecule has 1 aliphatic heterocycles. The third-order valence-corrected chi connectivity index (χ3v) is 5.75. The Morgan fingerprint density at radius 1 is 1.00 bits per heavy atom. The number of rotatable bonds is 7. The predicted molar refractivity (Wildman–Crippen MR) is 114 cm³/mol. The van der Waals surface area contributed by atoms with Crippen molar-refractivity contribution in [1.29, 1.82) is 0 Å². The number of ether oxygens (including phenoxy) is 1. The first kappa shape index (κ1) is 19.9. The summed E-state index contributed by atoms with van der Waals surface area (Å²) in [5.41, 5.74) is 2.64. The zero-order valence-corrected chi connectivity index (χ0v) is 16.9. The van der Waals surface area contributed by atoms with Crippen molar-refractivity contribution < 1.29 is 9.13 Å². The van der Waals surface area contributed by atoms with Crippen molar-refractivity contribution in [1.82, 2.24) is 9.88 Å². The molecule has 2 aromatic carbocycles. The fourth-order valence-electron chi connectivity index (χ4n) is 4.07. The van der Waals surface area contributed by atoms with Crippen LogP contribution in [0.15, 0.2) is 72.9 Å². The molecule has 0 amide bonds. The minimum absolute atomic E-state index is 0.354. The highest BCUT2D eigenvalue weighted by Crippen LogP contribution is 2.36. The van der Waals surface area contributed by atoms with E-state index in [4.69, 9.17) is 16.3 Å². The highest BCUT2D eigenvalue weighted by atomic mass is 35.5. The number of aromatic nitrogens is 1. The van der Waals surface area contributed by atoms with Crippen molar-refractivity contribution in [2.45, 2.75) is 18.9 Å². The van der Waals surface area contributed by atoms with Gasteiger partial charge in [0.25, 0.3) is 0 Å². The quantitative estimate of drug-likeness (QED) is 0.510. The van der Waals surface area contributed by atoms with Crippen LogP contribution in [-0.4, -0.2) is 29.6 Å². The highest BCUT2D eigenvalue weighted by Gasteiger charge is 2.33. The minimum Gasteiger partial charge on any atom is -0.478 e. The summed E-state index contributed by atoms with van der Waals surface area (Å²) < 4.78 is 18.8. The standard InChI is InChI=1S/C24H24ClFN2O/c25-21-8-6-19(7-9-21)23-17-28(15-18-4-2-1-3-5-18)16-20(23)12-13-29-24-11-10-22(26)14-27-24/h1-11,14,20,23H,12-13,15-17H2/t20?,23-/m1/s1. The molecule has 1 unspecified atom stereocenters. The van der Waals surface area contributed by atoms with E-state index in [1.54, 1.807) is 6.07 Å². The molecule has 0 aliphatic carbocycles. The average Bonchev–Trinajstić information content (AvgIpc) is 3.13. The molecule has 5 heteroatoms. The Morgan fingerprint density at radius 3 is 2.52 bits per heavy atom. The van der Waals surface area contributed by atoms with Crippen molar-refractivity contribution in [3.63, 3.8) is 0 Å². The van der Waals surface area contributed by atoms with E-state index in [-0.39, 0.29) is 5.82 Å². The molecule has 0 radical (unpaired) electrons. The van der Waals surface area contributed by atoms with Crippen LogP contribution < -0.4 is 4.74 Å². The van der Waals surface area contributed by atoms with E-state index in [9.17, 15) is 4.39 Å². The maximum absolute atomic E-state index is 13.0. The maximum atomic E-state index is 13.0. The lowest BCUT2D eigenvalue weighted by Crippen LogP contribution is -2.20. The second-order valence-electron chi connectivity index (χ2n) is 7.55. The Balaban J connectivity index is 1.42. The third kappa shape index (κ3) is 5.34. The molecule has 4 rings (SSSR count). The number of pyridine rings is 1. The number of hydrogen-bond donors (Lipinski definition) is 0. The van der Waals surface area contributed by atoms with Gasteiger partial charge in [0.15, 0.2) is 0 Å². The third-order valence-electron chi connectivity index (χ3n) is 5.50. The zero-order chi connectivity index (χ0) is 20.1. The number of benzene rings is 2. The molecule has 0 spiro atoms. The molecule has 0 saturated carbocycles. The first-order valence-electron chi connectivity index (χ1n) is 9.93. The fourth-order valence-corrected chi connectivity index (χ4v) is 4.20. The Kier molecular flexibility index (Phi) is 6.43. The van der Waals surface area contributed by atoms with E-state index < -0.39 is 0 Å². The molecule has 0 bridgehead atoms. The lowest BCUT2D eigenvalue weighted by molar-refractivity contribution is 0.256. The molecular formula is C24H24ClFN2O. The first-order valence-corrected chi connectivity index (χ1v) is 10.3. The van der Waals surface area contributed by atoms with Gasteiger partial charge in [0.1, 0.15) is 5.82 Å². The molecule has 150 valence electrons. The maximum Gasteiger partial charge on any atom is 0.213 e. The van der Waals surface area contributed by atoms with Gasteiger partial charge in [0.2, 0.25) is 5.88 Å². The molecule has 0 N–H and O–H groups in total. The second kappa shape index (κ2) is 9.38. The number of nitrogens with zero attached hydrogens (tertiary/aromatic N) is 2. The molecule has 1 aromatic heterocycles. The van der Waals surface area contributed by atoms with Gasteiger partial charge in [-0.15, -0.1) is 0 Å². The first-order chi connectivity index (χ1) is 14.2. The van der Waals surface area contributed by atoms with Crippen molar-refractivity contribution in [3.05, 3.63) is 94.9 Å². The van der Waals surface area contributed by atoms with Crippen LogP contribution in [0, 0.1) is 11.7 Å². The summed E-state index contributed by atoms with van der Waals surface area (Å²) in [7, 11) is 0.